The summed E-state index contributed by atoms with van der Waals surface area (Å²) in [6.07, 6.45) is 3.75. The van der Waals surface area contributed by atoms with E-state index in [2.05, 4.69) is 6.92 Å². The van der Waals surface area contributed by atoms with Crippen LogP contribution in [0.2, 0.25) is 0 Å². The fourth-order valence-electron chi connectivity index (χ4n) is 0.745. The van der Waals surface area contributed by atoms with E-state index in [1.165, 1.54) is 12.8 Å². The number of rotatable bonds is 3. The van der Waals surface area contributed by atoms with Crippen LogP contribution < -0.4 is 0 Å². The number of hydrogen-bond acceptors (Lipinski definition) is 1. The molecular formula is C7H13O. The second-order valence-electron chi connectivity index (χ2n) is 2.74. The Morgan fingerprint density at radius 3 is 2.62 bits per heavy atom. The van der Waals surface area contributed by atoms with Crippen LogP contribution in [0.15, 0.2) is 0 Å². The molecule has 1 aliphatic carbocycles. The summed E-state index contributed by atoms with van der Waals surface area (Å²) in [5.74, 6) is 0. The van der Waals surface area contributed by atoms with Crippen LogP contribution in [0.1, 0.15) is 19.3 Å². The van der Waals surface area contributed by atoms with Crippen molar-refractivity contribution in [1.82, 2.24) is 0 Å². The molecule has 1 aliphatic rings. The van der Waals surface area contributed by atoms with Gasteiger partial charge in [-0.3, -0.25) is 0 Å². The van der Waals surface area contributed by atoms with Gasteiger partial charge < -0.3 is 4.74 Å². The molecule has 0 aromatic carbocycles. The van der Waals surface area contributed by atoms with Gasteiger partial charge >= 0.3 is 0 Å². The summed E-state index contributed by atoms with van der Waals surface area (Å²) in [5.41, 5.74) is 0.427. The Balaban J connectivity index is 2.01. The first kappa shape index (κ1) is 6.09. The summed E-state index contributed by atoms with van der Waals surface area (Å²) in [4.78, 5) is 0. The molecule has 8 heavy (non-hydrogen) atoms. The predicted octanol–water partition coefficient (Wildman–Crippen LogP) is 1.64. The maximum atomic E-state index is 4.92. The van der Waals surface area contributed by atoms with E-state index >= 15 is 0 Å². The van der Waals surface area contributed by atoms with Gasteiger partial charge in [-0.2, -0.15) is 0 Å². The van der Waals surface area contributed by atoms with E-state index in [9.17, 15) is 0 Å². The minimum Gasteiger partial charge on any atom is -0.385 e. The number of hydrogen-bond donors (Lipinski definition) is 0. The van der Waals surface area contributed by atoms with Crippen LogP contribution in [0.3, 0.4) is 0 Å². The van der Waals surface area contributed by atoms with Gasteiger partial charge in [0.05, 0.1) is 0 Å². The molecular weight excluding hydrogens is 100 g/mol. The highest BCUT2D eigenvalue weighted by molar-refractivity contribution is 4.94. The molecule has 0 aliphatic heterocycles. The van der Waals surface area contributed by atoms with E-state index in [1.54, 1.807) is 7.11 Å². The highest BCUT2D eigenvalue weighted by Crippen LogP contribution is 2.47. The third-order valence-electron chi connectivity index (χ3n) is 1.79. The Morgan fingerprint density at radius 2 is 2.25 bits per heavy atom. The van der Waals surface area contributed by atoms with Gasteiger partial charge in [0.25, 0.3) is 0 Å². The molecule has 1 saturated carbocycles. The van der Waals surface area contributed by atoms with Crippen molar-refractivity contribution in [3.8, 4) is 0 Å². The second-order valence-corrected chi connectivity index (χ2v) is 2.74. The lowest BCUT2D eigenvalue weighted by molar-refractivity contribution is 0.180. The zero-order valence-corrected chi connectivity index (χ0v) is 5.44. The second kappa shape index (κ2) is 2.06. The van der Waals surface area contributed by atoms with Gasteiger partial charge in [-0.1, -0.05) is 0 Å². The van der Waals surface area contributed by atoms with Gasteiger partial charge in [-0.25, -0.2) is 0 Å². The lowest BCUT2D eigenvalue weighted by atomic mass is 10.1. The third kappa shape index (κ3) is 1.48. The molecule has 0 unspecified atom stereocenters. The molecule has 1 radical (unpaired) electrons. The van der Waals surface area contributed by atoms with Crippen molar-refractivity contribution in [3.63, 3.8) is 0 Å². The van der Waals surface area contributed by atoms with Crippen LogP contribution >= 0.6 is 0 Å². The molecule has 1 nitrogen and oxygen atoms in total. The normalized spacial score (nSPS) is 23.2. The fourth-order valence-corrected chi connectivity index (χ4v) is 0.745. The topological polar surface area (TPSA) is 9.23 Å². The van der Waals surface area contributed by atoms with Crippen LogP contribution in [0.5, 0.6) is 0 Å². The van der Waals surface area contributed by atoms with Gasteiger partial charge in [-0.15, -0.1) is 0 Å². The fraction of sp³-hybridized carbons (Fsp3) is 0.857. The summed E-state index contributed by atoms with van der Waals surface area (Å²) < 4.78 is 4.92. The number of methoxy groups -OCH3 is 1. The molecule has 1 fully saturated rings. The summed E-state index contributed by atoms with van der Waals surface area (Å²) in [5, 5.41) is 0. The third-order valence-corrected chi connectivity index (χ3v) is 1.79. The van der Waals surface area contributed by atoms with Gasteiger partial charge in [-0.05, 0) is 31.6 Å². The molecule has 0 atom stereocenters. The average Bonchev–Trinajstić information content (AvgIpc) is 2.45. The lowest BCUT2D eigenvalue weighted by Gasteiger charge is -2.03. The summed E-state index contributed by atoms with van der Waals surface area (Å²) in [7, 11) is 1.74. The quantitative estimate of drug-likeness (QED) is 0.540. The van der Waals surface area contributed by atoms with Crippen molar-refractivity contribution in [2.24, 2.45) is 5.41 Å². The Bertz CT molecular complexity index is 74.5. The highest BCUT2D eigenvalue weighted by Gasteiger charge is 2.36. The van der Waals surface area contributed by atoms with Crippen molar-refractivity contribution in [2.45, 2.75) is 19.3 Å². The summed E-state index contributed by atoms with van der Waals surface area (Å²) in [6.45, 7) is 4.92. The minimum absolute atomic E-state index is 0.427. The predicted molar refractivity (Wildman–Crippen MR) is 33.5 cm³/mol. The Morgan fingerprint density at radius 1 is 1.62 bits per heavy atom. The van der Waals surface area contributed by atoms with Gasteiger partial charge in [0.2, 0.25) is 0 Å². The van der Waals surface area contributed by atoms with E-state index < -0.39 is 0 Å². The molecule has 47 valence electrons. The summed E-state index contributed by atoms with van der Waals surface area (Å²) in [6, 6.07) is 0. The van der Waals surface area contributed by atoms with E-state index in [-0.39, 0.29) is 0 Å². The number of ether oxygens (including phenoxy) is 1. The molecule has 1 rings (SSSR count). The molecule has 0 N–H and O–H groups in total. The van der Waals surface area contributed by atoms with Gasteiger partial charge in [0.15, 0.2) is 0 Å². The van der Waals surface area contributed by atoms with E-state index in [1.807, 2.05) is 0 Å². The van der Waals surface area contributed by atoms with E-state index in [0.717, 1.165) is 13.0 Å². The van der Waals surface area contributed by atoms with Crippen molar-refractivity contribution in [1.29, 1.82) is 0 Å². The first-order valence-corrected chi connectivity index (χ1v) is 3.11. The zero-order valence-electron chi connectivity index (χ0n) is 5.44. The Kier molecular flexibility index (Phi) is 1.57. The van der Waals surface area contributed by atoms with Crippen LogP contribution in [-0.2, 0) is 4.74 Å². The Labute approximate surface area is 51.0 Å². The minimum atomic E-state index is 0.427. The molecule has 0 bridgehead atoms. The first-order valence-electron chi connectivity index (χ1n) is 3.11. The van der Waals surface area contributed by atoms with Crippen molar-refractivity contribution in [2.75, 3.05) is 13.7 Å². The van der Waals surface area contributed by atoms with E-state index in [0.29, 0.717) is 5.41 Å². The smallest absolute Gasteiger partial charge is 0.0467 e. The monoisotopic (exact) mass is 113 g/mol. The van der Waals surface area contributed by atoms with Gasteiger partial charge in [0.1, 0.15) is 0 Å². The molecule has 0 heterocycles. The van der Waals surface area contributed by atoms with Crippen LogP contribution in [0.25, 0.3) is 0 Å². The van der Waals surface area contributed by atoms with Crippen molar-refractivity contribution >= 4 is 0 Å². The zero-order chi connectivity index (χ0) is 6.04. The highest BCUT2D eigenvalue weighted by atomic mass is 16.5. The largest absolute Gasteiger partial charge is 0.385 e. The lowest BCUT2D eigenvalue weighted by Crippen LogP contribution is -1.98. The SMILES string of the molecule is [CH2]C1(CCOC)CC1. The standard InChI is InChI=1S/C7H13O/c1-7(3-4-7)5-6-8-2/h1,3-6H2,2H3. The molecule has 0 aromatic rings. The maximum absolute atomic E-state index is 4.92. The van der Waals surface area contributed by atoms with Crippen LogP contribution in [-0.4, -0.2) is 13.7 Å². The van der Waals surface area contributed by atoms with Gasteiger partial charge in [0, 0.05) is 13.7 Å². The van der Waals surface area contributed by atoms with E-state index in [4.69, 9.17) is 4.74 Å². The Hall–Kier alpha value is -0.0400. The van der Waals surface area contributed by atoms with Crippen molar-refractivity contribution in [3.05, 3.63) is 6.92 Å². The molecule has 0 saturated heterocycles. The molecule has 1 heteroatoms. The molecule has 0 amide bonds. The van der Waals surface area contributed by atoms with Crippen LogP contribution in [0, 0.1) is 12.3 Å². The van der Waals surface area contributed by atoms with Crippen molar-refractivity contribution < 1.29 is 4.74 Å². The van der Waals surface area contributed by atoms with Crippen LogP contribution in [0.4, 0.5) is 0 Å². The maximum Gasteiger partial charge on any atom is 0.0467 e. The average molecular weight is 113 g/mol. The molecule has 0 aromatic heterocycles. The first-order chi connectivity index (χ1) is 3.77. The molecule has 0 spiro atoms. The summed E-state index contributed by atoms with van der Waals surface area (Å²) >= 11 is 0.